The minimum atomic E-state index is -0.416. The van der Waals surface area contributed by atoms with E-state index in [0.29, 0.717) is 45.0 Å². The summed E-state index contributed by atoms with van der Waals surface area (Å²) in [5.74, 6) is 0.753. The molecule has 0 atom stereocenters. The van der Waals surface area contributed by atoms with Crippen LogP contribution in [0.15, 0.2) is 35.4 Å². The lowest BCUT2D eigenvalue weighted by molar-refractivity contribution is 0.0954. The first kappa shape index (κ1) is 20.9. The molecular formula is C19H20Cl2N2O4. The van der Waals surface area contributed by atoms with Crippen molar-refractivity contribution in [3.05, 3.63) is 51.5 Å². The molecule has 0 spiro atoms. The van der Waals surface area contributed by atoms with Crippen molar-refractivity contribution in [2.45, 2.75) is 13.3 Å². The third-order valence-corrected chi connectivity index (χ3v) is 4.55. The van der Waals surface area contributed by atoms with E-state index in [4.69, 9.17) is 37.4 Å². The molecule has 0 saturated carbocycles. The largest absolute Gasteiger partial charge is 0.493 e. The van der Waals surface area contributed by atoms with Gasteiger partial charge in [-0.05, 0) is 36.2 Å². The highest BCUT2D eigenvalue weighted by atomic mass is 35.5. The van der Waals surface area contributed by atoms with Crippen LogP contribution in [0, 0.1) is 0 Å². The third kappa shape index (κ3) is 4.84. The lowest BCUT2D eigenvalue weighted by Gasteiger charge is -2.13. The monoisotopic (exact) mass is 410 g/mol. The molecule has 0 fully saturated rings. The Morgan fingerprint density at radius 3 is 2.07 bits per heavy atom. The fourth-order valence-corrected chi connectivity index (χ4v) is 2.72. The number of carbonyl (C=O) groups is 1. The van der Waals surface area contributed by atoms with Gasteiger partial charge in [0.1, 0.15) is 0 Å². The van der Waals surface area contributed by atoms with Crippen molar-refractivity contribution in [3.63, 3.8) is 0 Å². The molecule has 1 N–H and O–H groups in total. The number of hydrogen-bond donors (Lipinski definition) is 1. The van der Waals surface area contributed by atoms with Crippen molar-refractivity contribution >= 4 is 34.8 Å². The van der Waals surface area contributed by atoms with Gasteiger partial charge in [-0.25, -0.2) is 5.43 Å². The van der Waals surface area contributed by atoms with Crippen LogP contribution in [0.2, 0.25) is 10.0 Å². The zero-order valence-corrected chi connectivity index (χ0v) is 16.9. The van der Waals surface area contributed by atoms with Crippen molar-refractivity contribution in [1.82, 2.24) is 5.43 Å². The van der Waals surface area contributed by atoms with Gasteiger partial charge in [0.05, 0.1) is 37.1 Å². The van der Waals surface area contributed by atoms with Crippen LogP contribution in [0.4, 0.5) is 0 Å². The second kappa shape index (κ2) is 9.48. The van der Waals surface area contributed by atoms with Crippen LogP contribution in [0.25, 0.3) is 0 Å². The minimum absolute atomic E-state index is 0.317. The molecule has 0 aromatic heterocycles. The Balaban J connectivity index is 2.29. The van der Waals surface area contributed by atoms with E-state index in [1.165, 1.54) is 21.3 Å². The van der Waals surface area contributed by atoms with E-state index in [-0.39, 0.29) is 0 Å². The van der Waals surface area contributed by atoms with Crippen molar-refractivity contribution in [2.75, 3.05) is 21.3 Å². The number of methoxy groups -OCH3 is 3. The Labute approximate surface area is 168 Å². The molecule has 0 heterocycles. The smallest absolute Gasteiger partial charge is 0.271 e. The van der Waals surface area contributed by atoms with Crippen LogP contribution in [0.5, 0.6) is 17.2 Å². The van der Waals surface area contributed by atoms with Gasteiger partial charge in [-0.3, -0.25) is 4.79 Å². The van der Waals surface area contributed by atoms with Crippen LogP contribution in [0.3, 0.4) is 0 Å². The predicted molar refractivity (Wildman–Crippen MR) is 107 cm³/mol. The van der Waals surface area contributed by atoms with Gasteiger partial charge in [0.2, 0.25) is 5.75 Å². The van der Waals surface area contributed by atoms with Gasteiger partial charge < -0.3 is 14.2 Å². The molecule has 144 valence electrons. The summed E-state index contributed by atoms with van der Waals surface area (Å²) in [7, 11) is 4.46. The first-order chi connectivity index (χ1) is 12.9. The second-order valence-electron chi connectivity index (χ2n) is 5.40. The molecular weight excluding hydrogens is 391 g/mol. The SMILES string of the molecule is CC/C(=N/NC(=O)c1cc(OC)c(OC)c(OC)c1)c1ccc(Cl)c(Cl)c1. The molecule has 0 saturated heterocycles. The van der Waals surface area contributed by atoms with E-state index in [1.807, 2.05) is 6.92 Å². The molecule has 0 bridgehead atoms. The van der Waals surface area contributed by atoms with E-state index < -0.39 is 5.91 Å². The van der Waals surface area contributed by atoms with Gasteiger partial charge in [-0.15, -0.1) is 0 Å². The molecule has 8 heteroatoms. The Morgan fingerprint density at radius 2 is 1.59 bits per heavy atom. The maximum atomic E-state index is 12.5. The summed E-state index contributed by atoms with van der Waals surface area (Å²) in [4.78, 5) is 12.5. The number of ether oxygens (including phenoxy) is 3. The Hall–Kier alpha value is -2.44. The van der Waals surface area contributed by atoms with Crippen molar-refractivity contribution in [1.29, 1.82) is 0 Å². The maximum Gasteiger partial charge on any atom is 0.271 e. The van der Waals surface area contributed by atoms with Crippen LogP contribution in [-0.4, -0.2) is 32.9 Å². The molecule has 0 radical (unpaired) electrons. The van der Waals surface area contributed by atoms with E-state index >= 15 is 0 Å². The summed E-state index contributed by atoms with van der Waals surface area (Å²) < 4.78 is 15.8. The minimum Gasteiger partial charge on any atom is -0.493 e. The molecule has 2 aromatic carbocycles. The van der Waals surface area contributed by atoms with Gasteiger partial charge >= 0.3 is 0 Å². The molecule has 0 aliphatic rings. The highest BCUT2D eigenvalue weighted by molar-refractivity contribution is 6.42. The van der Waals surface area contributed by atoms with Gasteiger partial charge in [0.15, 0.2) is 11.5 Å². The first-order valence-electron chi connectivity index (χ1n) is 8.07. The van der Waals surface area contributed by atoms with Gasteiger partial charge in [-0.2, -0.15) is 5.10 Å². The number of hydrazone groups is 1. The fourth-order valence-electron chi connectivity index (χ4n) is 2.42. The fraction of sp³-hybridized carbons (Fsp3) is 0.263. The molecule has 6 nitrogen and oxygen atoms in total. The highest BCUT2D eigenvalue weighted by Gasteiger charge is 2.17. The summed E-state index contributed by atoms with van der Waals surface area (Å²) >= 11 is 12.0. The van der Waals surface area contributed by atoms with Gasteiger partial charge in [0.25, 0.3) is 5.91 Å². The summed E-state index contributed by atoms with van der Waals surface area (Å²) in [5.41, 5.74) is 4.30. The van der Waals surface area contributed by atoms with Crippen molar-refractivity contribution < 1.29 is 19.0 Å². The lowest BCUT2D eigenvalue weighted by atomic mass is 10.1. The molecule has 0 aliphatic carbocycles. The normalized spacial score (nSPS) is 11.1. The second-order valence-corrected chi connectivity index (χ2v) is 6.21. The average molecular weight is 411 g/mol. The lowest BCUT2D eigenvalue weighted by Crippen LogP contribution is -2.20. The molecule has 0 aliphatic heterocycles. The number of carbonyl (C=O) groups excluding carboxylic acids is 1. The van der Waals surface area contributed by atoms with Crippen LogP contribution in [0.1, 0.15) is 29.3 Å². The number of nitrogens with zero attached hydrogens (tertiary/aromatic N) is 1. The third-order valence-electron chi connectivity index (χ3n) is 3.81. The zero-order valence-electron chi connectivity index (χ0n) is 15.4. The summed E-state index contributed by atoms with van der Waals surface area (Å²) in [6, 6.07) is 8.29. The van der Waals surface area contributed by atoms with Crippen molar-refractivity contribution in [3.8, 4) is 17.2 Å². The summed E-state index contributed by atoms with van der Waals surface area (Å²) in [5, 5.41) is 5.09. The predicted octanol–water partition coefficient (Wildman–Crippen LogP) is 4.56. The van der Waals surface area contributed by atoms with Crippen LogP contribution in [-0.2, 0) is 0 Å². The molecule has 0 unspecified atom stereocenters. The Kier molecular flexibility index (Phi) is 7.33. The van der Waals surface area contributed by atoms with Gasteiger partial charge in [0, 0.05) is 5.56 Å². The van der Waals surface area contributed by atoms with Crippen LogP contribution < -0.4 is 19.6 Å². The standard InChI is InChI=1S/C19H20Cl2N2O4/c1-5-15(11-6-7-13(20)14(21)8-11)22-23-19(24)12-9-16(25-2)18(27-4)17(10-12)26-3/h6-10H,5H2,1-4H3,(H,23,24)/b22-15-. The molecule has 2 rings (SSSR count). The number of nitrogens with one attached hydrogen (secondary N) is 1. The van der Waals surface area contributed by atoms with E-state index in [2.05, 4.69) is 10.5 Å². The first-order valence-corrected chi connectivity index (χ1v) is 8.83. The summed E-state index contributed by atoms with van der Waals surface area (Å²) in [6.07, 6.45) is 0.591. The number of benzene rings is 2. The number of amides is 1. The quantitative estimate of drug-likeness (QED) is 0.536. The Morgan fingerprint density at radius 1 is 0.963 bits per heavy atom. The van der Waals surface area contributed by atoms with E-state index in [1.54, 1.807) is 30.3 Å². The number of rotatable bonds is 7. The average Bonchev–Trinajstić information content (AvgIpc) is 2.69. The Bertz CT molecular complexity index is 844. The topological polar surface area (TPSA) is 69.2 Å². The van der Waals surface area contributed by atoms with Crippen molar-refractivity contribution in [2.24, 2.45) is 5.10 Å². The molecule has 1 amide bonds. The van der Waals surface area contributed by atoms with E-state index in [0.717, 1.165) is 5.56 Å². The van der Waals surface area contributed by atoms with Crippen LogP contribution >= 0.6 is 23.2 Å². The number of hydrogen-bond acceptors (Lipinski definition) is 5. The highest BCUT2D eigenvalue weighted by Crippen LogP contribution is 2.38. The van der Waals surface area contributed by atoms with E-state index in [9.17, 15) is 4.79 Å². The molecule has 27 heavy (non-hydrogen) atoms. The van der Waals surface area contributed by atoms with Gasteiger partial charge in [-0.1, -0.05) is 36.2 Å². The zero-order chi connectivity index (χ0) is 20.0. The molecule has 2 aromatic rings. The summed E-state index contributed by atoms with van der Waals surface area (Å²) in [6.45, 7) is 1.92. The maximum absolute atomic E-state index is 12.5. The number of halogens is 2.